The number of fused-ring (bicyclic) bond motifs is 2. The van der Waals surface area contributed by atoms with Crippen LogP contribution in [-0.4, -0.2) is 49.2 Å². The molecule has 1 N–H and O–H groups in total. The third kappa shape index (κ3) is 7.58. The van der Waals surface area contributed by atoms with Crippen LogP contribution in [0.2, 0.25) is 0 Å². The molecule has 1 aliphatic rings. The topological polar surface area (TPSA) is 48.6 Å². The van der Waals surface area contributed by atoms with E-state index in [2.05, 4.69) is 58.3 Å². The number of piperazine rings is 1. The number of ether oxygens (including phenoxy) is 1. The molecule has 0 atom stereocenters. The van der Waals surface area contributed by atoms with Crippen molar-refractivity contribution in [2.75, 3.05) is 44.2 Å². The third-order valence-electron chi connectivity index (χ3n) is 6.02. The Morgan fingerprint density at radius 2 is 1.69 bits per heavy atom. The van der Waals surface area contributed by atoms with Crippen LogP contribution in [0.5, 0.6) is 5.75 Å². The van der Waals surface area contributed by atoms with Gasteiger partial charge in [-0.2, -0.15) is 0 Å². The van der Waals surface area contributed by atoms with Crippen molar-refractivity contribution in [1.82, 2.24) is 9.88 Å². The maximum atomic E-state index is 11.5. The van der Waals surface area contributed by atoms with E-state index in [4.69, 9.17) is 4.74 Å². The summed E-state index contributed by atoms with van der Waals surface area (Å²) in [6.45, 7) is 14.5. The SMILES string of the molecule is CC.CCC.O=c1ccc2ccc(OCCCCN3CCN(c4cccc5sccc45)CC3)cc2[nH]1. The first kappa shape index (κ1) is 27.8. The van der Waals surface area contributed by atoms with Crippen LogP contribution in [0.15, 0.2) is 64.8 Å². The first-order valence-electron chi connectivity index (χ1n) is 13.4. The van der Waals surface area contributed by atoms with E-state index in [1.54, 1.807) is 6.07 Å². The minimum atomic E-state index is -0.0863. The molecule has 4 aromatic rings. The number of rotatable bonds is 7. The van der Waals surface area contributed by atoms with E-state index in [9.17, 15) is 4.79 Å². The molecule has 2 aromatic heterocycles. The highest BCUT2D eigenvalue weighted by molar-refractivity contribution is 7.17. The number of aromatic nitrogens is 1. The number of benzene rings is 2. The van der Waals surface area contributed by atoms with Crippen molar-refractivity contribution < 1.29 is 4.74 Å². The van der Waals surface area contributed by atoms with Gasteiger partial charge >= 0.3 is 0 Å². The standard InChI is InChI=1S/C25H27N3O2S.C3H8.C2H6/c29-25-9-7-19-6-8-20(18-22(19)26-25)30-16-2-1-11-27-12-14-28(15-13-27)23-4-3-5-24-21(23)10-17-31-24;1-3-2;1-2/h3-10,17-18H,1-2,11-16H2,(H,26,29);3H2,1-2H3;1-2H3. The van der Waals surface area contributed by atoms with Gasteiger partial charge in [0.05, 0.1) is 12.1 Å². The zero-order chi connectivity index (χ0) is 25.8. The fourth-order valence-electron chi connectivity index (χ4n) is 4.31. The Kier molecular flexibility index (Phi) is 11.3. The van der Waals surface area contributed by atoms with E-state index in [0.29, 0.717) is 6.61 Å². The largest absolute Gasteiger partial charge is 0.494 e. The highest BCUT2D eigenvalue weighted by Crippen LogP contribution is 2.31. The van der Waals surface area contributed by atoms with Crippen LogP contribution in [0.25, 0.3) is 21.0 Å². The smallest absolute Gasteiger partial charge is 0.248 e. The predicted molar refractivity (Wildman–Crippen MR) is 157 cm³/mol. The number of unbranched alkanes of at least 4 members (excludes halogenated alkanes) is 1. The van der Waals surface area contributed by atoms with Crippen LogP contribution in [0.4, 0.5) is 5.69 Å². The average molecular weight is 508 g/mol. The molecule has 0 spiro atoms. The number of pyridine rings is 1. The lowest BCUT2D eigenvalue weighted by Gasteiger charge is -2.36. The van der Waals surface area contributed by atoms with Gasteiger partial charge in [0.15, 0.2) is 0 Å². The minimum Gasteiger partial charge on any atom is -0.494 e. The number of hydrogen-bond donors (Lipinski definition) is 1. The molecule has 0 amide bonds. The Hall–Kier alpha value is -2.83. The van der Waals surface area contributed by atoms with Crippen LogP contribution < -0.4 is 15.2 Å². The van der Waals surface area contributed by atoms with Crippen molar-refractivity contribution in [3.63, 3.8) is 0 Å². The number of hydrogen-bond acceptors (Lipinski definition) is 5. The van der Waals surface area contributed by atoms with Gasteiger partial charge in [-0.3, -0.25) is 9.69 Å². The van der Waals surface area contributed by atoms with Crippen LogP contribution in [-0.2, 0) is 0 Å². The van der Waals surface area contributed by atoms with Crippen LogP contribution in [0, 0.1) is 0 Å². The van der Waals surface area contributed by atoms with Crippen molar-refractivity contribution >= 4 is 38.0 Å². The molecular formula is C30H41N3O2S. The van der Waals surface area contributed by atoms with Crippen LogP contribution in [0.3, 0.4) is 0 Å². The van der Waals surface area contributed by atoms with Crippen molar-refractivity contribution in [3.05, 3.63) is 70.3 Å². The van der Waals surface area contributed by atoms with E-state index >= 15 is 0 Å². The molecule has 1 saturated heterocycles. The molecule has 0 radical (unpaired) electrons. The summed E-state index contributed by atoms with van der Waals surface area (Å²) in [6, 6.07) is 18.1. The van der Waals surface area contributed by atoms with Crippen molar-refractivity contribution in [1.29, 1.82) is 0 Å². The van der Waals surface area contributed by atoms with Gasteiger partial charge in [-0.15, -0.1) is 11.3 Å². The molecule has 3 heterocycles. The number of thiophene rings is 1. The molecule has 5 rings (SSSR count). The zero-order valence-electron chi connectivity index (χ0n) is 22.3. The molecule has 36 heavy (non-hydrogen) atoms. The predicted octanol–water partition coefficient (Wildman–Crippen LogP) is 7.17. The first-order valence-corrected chi connectivity index (χ1v) is 14.3. The number of anilines is 1. The van der Waals surface area contributed by atoms with E-state index in [1.807, 2.05) is 49.4 Å². The number of nitrogens with one attached hydrogen (secondary N) is 1. The summed E-state index contributed by atoms with van der Waals surface area (Å²) >= 11 is 1.82. The molecule has 194 valence electrons. The van der Waals surface area contributed by atoms with E-state index in [0.717, 1.165) is 62.2 Å². The van der Waals surface area contributed by atoms with E-state index in [1.165, 1.54) is 22.2 Å². The Balaban J connectivity index is 0.000000674. The summed E-state index contributed by atoms with van der Waals surface area (Å²) in [4.78, 5) is 19.4. The Morgan fingerprint density at radius 1 is 0.944 bits per heavy atom. The summed E-state index contributed by atoms with van der Waals surface area (Å²) in [5.41, 5.74) is 2.11. The van der Waals surface area contributed by atoms with Gasteiger partial charge in [0.25, 0.3) is 0 Å². The fraction of sp³-hybridized carbons (Fsp3) is 0.433. The van der Waals surface area contributed by atoms with Crippen LogP contribution in [0.1, 0.15) is 47.0 Å². The van der Waals surface area contributed by atoms with Gasteiger partial charge < -0.3 is 14.6 Å². The first-order chi connectivity index (χ1) is 17.7. The summed E-state index contributed by atoms with van der Waals surface area (Å²) in [7, 11) is 0. The van der Waals surface area contributed by atoms with Gasteiger partial charge in [-0.05, 0) is 66.6 Å². The van der Waals surface area contributed by atoms with E-state index < -0.39 is 0 Å². The summed E-state index contributed by atoms with van der Waals surface area (Å²) in [5, 5.41) is 4.58. The maximum Gasteiger partial charge on any atom is 0.248 e. The number of nitrogens with zero attached hydrogens (tertiary/aromatic N) is 2. The summed E-state index contributed by atoms with van der Waals surface area (Å²) in [5.74, 6) is 0.811. The van der Waals surface area contributed by atoms with Gasteiger partial charge in [-0.25, -0.2) is 0 Å². The van der Waals surface area contributed by atoms with Gasteiger partial charge in [0, 0.05) is 54.1 Å². The molecule has 0 aliphatic carbocycles. The highest BCUT2D eigenvalue weighted by Gasteiger charge is 2.18. The summed E-state index contributed by atoms with van der Waals surface area (Å²) in [6.07, 6.45) is 3.41. The molecule has 6 heteroatoms. The minimum absolute atomic E-state index is 0.0863. The molecule has 0 unspecified atom stereocenters. The molecule has 0 bridgehead atoms. The quantitative estimate of drug-likeness (QED) is 0.270. The highest BCUT2D eigenvalue weighted by atomic mass is 32.1. The normalized spacial score (nSPS) is 13.6. The molecule has 2 aromatic carbocycles. The lowest BCUT2D eigenvalue weighted by atomic mass is 10.2. The Labute approximate surface area is 219 Å². The molecular weight excluding hydrogens is 466 g/mol. The summed E-state index contributed by atoms with van der Waals surface area (Å²) < 4.78 is 7.28. The third-order valence-corrected chi connectivity index (χ3v) is 6.90. The monoisotopic (exact) mass is 507 g/mol. The second-order valence-corrected chi connectivity index (χ2v) is 9.72. The van der Waals surface area contributed by atoms with Gasteiger partial charge in [0.1, 0.15) is 5.75 Å². The van der Waals surface area contributed by atoms with E-state index in [-0.39, 0.29) is 5.56 Å². The lowest BCUT2D eigenvalue weighted by Crippen LogP contribution is -2.46. The van der Waals surface area contributed by atoms with Gasteiger partial charge in [-0.1, -0.05) is 40.2 Å². The van der Waals surface area contributed by atoms with Gasteiger partial charge in [0.2, 0.25) is 5.56 Å². The Bertz CT molecular complexity index is 1240. The Morgan fingerprint density at radius 3 is 2.47 bits per heavy atom. The number of H-pyrrole nitrogens is 1. The zero-order valence-corrected chi connectivity index (χ0v) is 23.1. The fourth-order valence-corrected chi connectivity index (χ4v) is 5.12. The molecule has 1 fully saturated rings. The molecule has 5 nitrogen and oxygen atoms in total. The molecule has 1 aliphatic heterocycles. The van der Waals surface area contributed by atoms with Crippen molar-refractivity contribution in [2.24, 2.45) is 0 Å². The molecule has 0 saturated carbocycles. The van der Waals surface area contributed by atoms with Crippen molar-refractivity contribution in [2.45, 2.75) is 47.0 Å². The van der Waals surface area contributed by atoms with Crippen molar-refractivity contribution in [3.8, 4) is 5.75 Å². The van der Waals surface area contributed by atoms with Crippen LogP contribution >= 0.6 is 11.3 Å². The lowest BCUT2D eigenvalue weighted by molar-refractivity contribution is 0.239. The second kappa shape index (κ2) is 14.7. The number of aromatic amines is 1. The second-order valence-electron chi connectivity index (χ2n) is 8.77. The average Bonchev–Trinajstić information content (AvgIpc) is 3.40. The maximum absolute atomic E-state index is 11.5.